The Morgan fingerprint density at radius 3 is 2.44 bits per heavy atom. The van der Waals surface area contributed by atoms with Crippen LogP contribution < -0.4 is 4.74 Å². The van der Waals surface area contributed by atoms with Gasteiger partial charge in [0.15, 0.2) is 5.75 Å². The molecule has 0 atom stereocenters. The molecule has 1 heterocycles. The molecule has 0 N–H and O–H groups in total. The summed E-state index contributed by atoms with van der Waals surface area (Å²) in [6.07, 6.45) is -3.16. The van der Waals surface area contributed by atoms with Gasteiger partial charge in [-0.1, -0.05) is 29.8 Å². The second kappa shape index (κ2) is 6.56. The smallest absolute Gasteiger partial charge is 0.417 e. The number of nitrogens with zero attached hydrogens (tertiary/aromatic N) is 1. The molecule has 25 heavy (non-hydrogen) atoms. The van der Waals surface area contributed by atoms with Gasteiger partial charge in [0.2, 0.25) is 0 Å². The van der Waals surface area contributed by atoms with Crippen molar-refractivity contribution >= 4 is 22.5 Å². The van der Waals surface area contributed by atoms with E-state index < -0.39 is 11.7 Å². The second-order valence-corrected chi connectivity index (χ2v) is 6.25. The van der Waals surface area contributed by atoms with Crippen LogP contribution in [0.5, 0.6) is 5.75 Å². The van der Waals surface area contributed by atoms with E-state index in [-0.39, 0.29) is 17.2 Å². The Hall–Kier alpha value is -2.27. The number of hydrogen-bond donors (Lipinski definition) is 0. The van der Waals surface area contributed by atoms with E-state index >= 15 is 0 Å². The normalized spacial score (nSPS) is 12.0. The molecule has 0 spiro atoms. The summed E-state index contributed by atoms with van der Waals surface area (Å²) in [5.74, 6) is 0.298. The minimum atomic E-state index is -4.49. The number of pyridine rings is 1. The highest BCUT2D eigenvalue weighted by atomic mass is 35.5. The minimum Gasteiger partial charge on any atom is -0.488 e. The quantitative estimate of drug-likeness (QED) is 0.538. The van der Waals surface area contributed by atoms with Gasteiger partial charge in [0.05, 0.1) is 16.7 Å². The number of hydrogen-bond acceptors (Lipinski definition) is 2. The van der Waals surface area contributed by atoms with Crippen molar-refractivity contribution in [1.29, 1.82) is 0 Å². The predicted octanol–water partition coefficient (Wildman–Crippen LogP) is 6.36. The number of aromatic nitrogens is 1. The molecule has 0 bridgehead atoms. The van der Waals surface area contributed by atoms with Crippen LogP contribution in [0.2, 0.25) is 5.02 Å². The van der Waals surface area contributed by atoms with Crippen molar-refractivity contribution in [3.8, 4) is 16.9 Å². The highest BCUT2D eigenvalue weighted by molar-refractivity contribution is 6.36. The monoisotopic (exact) mass is 365 g/mol. The van der Waals surface area contributed by atoms with Crippen LogP contribution in [0.1, 0.15) is 19.4 Å². The van der Waals surface area contributed by atoms with Crippen molar-refractivity contribution in [1.82, 2.24) is 4.98 Å². The van der Waals surface area contributed by atoms with E-state index in [2.05, 4.69) is 4.98 Å². The molecule has 6 heteroatoms. The zero-order chi connectivity index (χ0) is 18.2. The molecule has 0 amide bonds. The summed E-state index contributed by atoms with van der Waals surface area (Å²) in [7, 11) is 0. The molecule has 130 valence electrons. The minimum absolute atomic E-state index is 0.0140. The average molecular weight is 366 g/mol. The molecule has 0 saturated carbocycles. The van der Waals surface area contributed by atoms with Gasteiger partial charge < -0.3 is 4.74 Å². The number of alkyl halides is 3. The fourth-order valence-corrected chi connectivity index (χ4v) is 2.96. The highest BCUT2D eigenvalue weighted by Gasteiger charge is 2.34. The number of fused-ring (bicyclic) bond motifs is 1. The lowest BCUT2D eigenvalue weighted by atomic mass is 9.97. The molecular weight excluding hydrogens is 351 g/mol. The van der Waals surface area contributed by atoms with E-state index in [0.29, 0.717) is 21.7 Å². The van der Waals surface area contributed by atoms with Gasteiger partial charge in [0.1, 0.15) is 5.52 Å². The first kappa shape index (κ1) is 17.5. The summed E-state index contributed by atoms with van der Waals surface area (Å²) >= 11 is 6.31. The molecule has 0 radical (unpaired) electrons. The van der Waals surface area contributed by atoms with Gasteiger partial charge in [-0.15, -0.1) is 0 Å². The van der Waals surface area contributed by atoms with Gasteiger partial charge in [-0.05, 0) is 43.7 Å². The van der Waals surface area contributed by atoms with Gasteiger partial charge in [0, 0.05) is 17.1 Å². The summed E-state index contributed by atoms with van der Waals surface area (Å²) in [5.41, 5.74) is -0.0106. The molecule has 2 nitrogen and oxygen atoms in total. The van der Waals surface area contributed by atoms with Crippen molar-refractivity contribution < 1.29 is 17.9 Å². The SMILES string of the molecule is CC(C)Oc1c(-c2ccccc2C(F)(F)F)cc(Cl)c2cccnc12. The number of rotatable bonds is 3. The second-order valence-electron chi connectivity index (χ2n) is 5.84. The maximum Gasteiger partial charge on any atom is 0.417 e. The van der Waals surface area contributed by atoms with E-state index in [1.165, 1.54) is 18.2 Å². The molecule has 1 aromatic heterocycles. The third-order valence-corrected chi connectivity index (χ3v) is 3.98. The number of ether oxygens (including phenoxy) is 1. The van der Waals surface area contributed by atoms with Crippen LogP contribution in [0.15, 0.2) is 48.7 Å². The van der Waals surface area contributed by atoms with Gasteiger partial charge in [0.25, 0.3) is 0 Å². The Labute approximate surface area is 148 Å². The topological polar surface area (TPSA) is 22.1 Å². The third kappa shape index (κ3) is 3.42. The third-order valence-electron chi connectivity index (χ3n) is 3.67. The molecular formula is C19H15ClF3NO. The van der Waals surface area contributed by atoms with Crippen LogP contribution in [0.25, 0.3) is 22.0 Å². The standard InChI is InChI=1S/C19H15ClF3NO/c1-11(2)25-18-14(10-16(20)13-7-5-9-24-17(13)18)12-6-3-4-8-15(12)19(21,22)23/h3-11H,1-2H3. The lowest BCUT2D eigenvalue weighted by Gasteiger charge is -2.20. The molecule has 3 rings (SSSR count). The van der Waals surface area contributed by atoms with Crippen molar-refractivity contribution in [3.63, 3.8) is 0 Å². The van der Waals surface area contributed by atoms with E-state index in [9.17, 15) is 13.2 Å². The largest absolute Gasteiger partial charge is 0.488 e. The maximum atomic E-state index is 13.5. The van der Waals surface area contributed by atoms with Gasteiger partial charge >= 0.3 is 6.18 Å². The fourth-order valence-electron chi connectivity index (χ4n) is 2.70. The van der Waals surface area contributed by atoms with Crippen LogP contribution in [0.4, 0.5) is 13.2 Å². The number of benzene rings is 2. The Balaban J connectivity index is 2.38. The van der Waals surface area contributed by atoms with Crippen molar-refractivity contribution in [2.45, 2.75) is 26.1 Å². The predicted molar refractivity (Wildman–Crippen MR) is 93.0 cm³/mol. The molecule has 0 fully saturated rings. The molecule has 0 aliphatic heterocycles. The molecule has 0 unspecified atom stereocenters. The van der Waals surface area contributed by atoms with Crippen molar-refractivity contribution in [2.24, 2.45) is 0 Å². The van der Waals surface area contributed by atoms with Crippen LogP contribution in [-0.2, 0) is 6.18 Å². The maximum absolute atomic E-state index is 13.5. The summed E-state index contributed by atoms with van der Waals surface area (Å²) < 4.78 is 46.2. The zero-order valence-corrected chi connectivity index (χ0v) is 14.3. The van der Waals surface area contributed by atoms with Crippen LogP contribution in [0.3, 0.4) is 0 Å². The van der Waals surface area contributed by atoms with Crippen molar-refractivity contribution in [2.75, 3.05) is 0 Å². The lowest BCUT2D eigenvalue weighted by molar-refractivity contribution is -0.137. The summed E-state index contributed by atoms with van der Waals surface area (Å²) in [6, 6.07) is 10.4. The van der Waals surface area contributed by atoms with Crippen LogP contribution in [0, 0.1) is 0 Å². The van der Waals surface area contributed by atoms with E-state index in [1.54, 1.807) is 24.4 Å². The number of halogens is 4. The van der Waals surface area contributed by atoms with E-state index in [4.69, 9.17) is 16.3 Å². The first-order chi connectivity index (χ1) is 11.8. The molecule has 3 aromatic rings. The average Bonchev–Trinajstić information content (AvgIpc) is 2.56. The van der Waals surface area contributed by atoms with Crippen molar-refractivity contribution in [3.05, 3.63) is 59.2 Å². The lowest BCUT2D eigenvalue weighted by Crippen LogP contribution is -2.10. The first-order valence-corrected chi connectivity index (χ1v) is 8.07. The Morgan fingerprint density at radius 1 is 1.04 bits per heavy atom. The fraction of sp³-hybridized carbons (Fsp3) is 0.211. The Bertz CT molecular complexity index is 922. The first-order valence-electron chi connectivity index (χ1n) is 7.69. The molecule has 0 saturated heterocycles. The molecule has 0 aliphatic carbocycles. The van der Waals surface area contributed by atoms with Gasteiger partial charge in [-0.25, -0.2) is 0 Å². The van der Waals surface area contributed by atoms with Crippen LogP contribution >= 0.6 is 11.6 Å². The van der Waals surface area contributed by atoms with Crippen LogP contribution in [-0.4, -0.2) is 11.1 Å². The van der Waals surface area contributed by atoms with Gasteiger partial charge in [-0.3, -0.25) is 4.98 Å². The Kier molecular flexibility index (Phi) is 4.60. The van der Waals surface area contributed by atoms with E-state index in [0.717, 1.165) is 6.07 Å². The summed E-state index contributed by atoms with van der Waals surface area (Å²) in [4.78, 5) is 4.28. The Morgan fingerprint density at radius 2 is 1.76 bits per heavy atom. The zero-order valence-electron chi connectivity index (χ0n) is 13.6. The highest BCUT2D eigenvalue weighted by Crippen LogP contribution is 2.44. The van der Waals surface area contributed by atoms with E-state index in [1.807, 2.05) is 13.8 Å². The van der Waals surface area contributed by atoms with Gasteiger partial charge in [-0.2, -0.15) is 13.2 Å². The summed E-state index contributed by atoms with van der Waals surface area (Å²) in [6.45, 7) is 3.62. The molecule has 0 aliphatic rings. The molecule has 2 aromatic carbocycles. The summed E-state index contributed by atoms with van der Waals surface area (Å²) in [5, 5.41) is 0.958.